The first-order chi connectivity index (χ1) is 6.27. The van der Waals surface area contributed by atoms with E-state index >= 15 is 0 Å². The zero-order valence-electron chi connectivity index (χ0n) is 7.40. The Morgan fingerprint density at radius 3 is 2.69 bits per heavy atom. The van der Waals surface area contributed by atoms with Crippen LogP contribution in [0.15, 0.2) is 18.3 Å². The van der Waals surface area contributed by atoms with E-state index in [1.54, 1.807) is 12.1 Å². The maximum atomic E-state index is 11.1. The summed E-state index contributed by atoms with van der Waals surface area (Å²) < 4.78 is 4.88. The highest BCUT2D eigenvalue weighted by molar-refractivity contribution is 5.91. The summed E-state index contributed by atoms with van der Waals surface area (Å²) in [4.78, 5) is 19.4. The van der Waals surface area contributed by atoms with E-state index in [0.717, 1.165) is 0 Å². The van der Waals surface area contributed by atoms with Gasteiger partial charge in [0.15, 0.2) is 0 Å². The van der Waals surface area contributed by atoms with Gasteiger partial charge in [0.2, 0.25) is 0 Å². The van der Waals surface area contributed by atoms with Crippen LogP contribution in [0, 0.1) is 0 Å². The van der Waals surface area contributed by atoms with Crippen LogP contribution in [0.5, 0.6) is 5.75 Å². The van der Waals surface area contributed by atoms with Crippen LogP contribution in [0.3, 0.4) is 0 Å². The normalized spacial score (nSPS) is 9.38. The van der Waals surface area contributed by atoms with Crippen LogP contribution in [-0.2, 0) is 4.84 Å². The Balaban J connectivity index is 2.74. The Morgan fingerprint density at radius 2 is 2.23 bits per heavy atom. The van der Waals surface area contributed by atoms with Gasteiger partial charge in [0.1, 0.15) is 11.4 Å². The number of hydrogen-bond acceptors (Lipinski definition) is 4. The third-order valence-electron chi connectivity index (χ3n) is 1.40. The van der Waals surface area contributed by atoms with Crippen molar-refractivity contribution < 1.29 is 14.4 Å². The number of carbonyl (C=O) groups is 1. The number of amides is 1. The van der Waals surface area contributed by atoms with Crippen LogP contribution in [-0.4, -0.2) is 25.1 Å². The summed E-state index contributed by atoms with van der Waals surface area (Å²) in [6.07, 6.45) is 1.46. The minimum atomic E-state index is -0.384. The Hall–Kier alpha value is -1.62. The Morgan fingerprint density at radius 1 is 1.46 bits per heavy atom. The van der Waals surface area contributed by atoms with Gasteiger partial charge in [0.25, 0.3) is 5.91 Å². The van der Waals surface area contributed by atoms with Crippen molar-refractivity contribution in [1.29, 1.82) is 0 Å². The number of rotatable bonds is 3. The van der Waals surface area contributed by atoms with Gasteiger partial charge in [-0.1, -0.05) is 0 Å². The lowest BCUT2D eigenvalue weighted by Gasteiger charge is -2.01. The predicted octanol–water partition coefficient (Wildman–Crippen LogP) is 0.381. The van der Waals surface area contributed by atoms with Gasteiger partial charge in [-0.05, 0) is 12.1 Å². The number of nitrogens with zero attached hydrogens (tertiary/aromatic N) is 1. The number of nitrogens with one attached hydrogen (secondary N) is 1. The fourth-order valence-corrected chi connectivity index (χ4v) is 0.780. The van der Waals surface area contributed by atoms with Gasteiger partial charge in [-0.15, -0.1) is 0 Å². The Labute approximate surface area is 75.6 Å². The molecule has 0 unspecified atom stereocenters. The molecule has 1 N–H and O–H groups in total. The van der Waals surface area contributed by atoms with E-state index in [1.165, 1.54) is 20.4 Å². The molecule has 1 aromatic rings. The van der Waals surface area contributed by atoms with Crippen LogP contribution >= 0.6 is 0 Å². The first-order valence-electron chi connectivity index (χ1n) is 3.61. The summed E-state index contributed by atoms with van der Waals surface area (Å²) in [5, 5.41) is 0. The summed E-state index contributed by atoms with van der Waals surface area (Å²) in [6, 6.07) is 3.20. The third-order valence-corrected chi connectivity index (χ3v) is 1.40. The molecule has 0 fully saturated rings. The molecule has 5 heteroatoms. The zero-order valence-corrected chi connectivity index (χ0v) is 7.40. The molecular weight excluding hydrogens is 172 g/mol. The highest BCUT2D eigenvalue weighted by Gasteiger charge is 2.05. The lowest BCUT2D eigenvalue weighted by Crippen LogP contribution is -2.22. The molecule has 70 valence electrons. The first kappa shape index (κ1) is 9.47. The summed E-state index contributed by atoms with van der Waals surface area (Å²) in [5.41, 5.74) is 2.44. The first-order valence-corrected chi connectivity index (χ1v) is 3.61. The lowest BCUT2D eigenvalue weighted by atomic mass is 10.3. The summed E-state index contributed by atoms with van der Waals surface area (Å²) in [7, 11) is 2.90. The van der Waals surface area contributed by atoms with E-state index in [1.807, 2.05) is 0 Å². The lowest BCUT2D eigenvalue weighted by molar-refractivity contribution is 0.0532. The molecular formula is C8H10N2O3. The van der Waals surface area contributed by atoms with Crippen molar-refractivity contribution in [3.05, 3.63) is 24.0 Å². The Kier molecular flexibility index (Phi) is 3.22. The number of methoxy groups -OCH3 is 1. The zero-order chi connectivity index (χ0) is 9.68. The Bertz CT molecular complexity index is 284. The van der Waals surface area contributed by atoms with Gasteiger partial charge in [0, 0.05) is 0 Å². The molecule has 0 saturated carbocycles. The van der Waals surface area contributed by atoms with Crippen molar-refractivity contribution in [2.24, 2.45) is 0 Å². The molecule has 0 aliphatic heterocycles. The van der Waals surface area contributed by atoms with E-state index < -0.39 is 0 Å². The minimum Gasteiger partial charge on any atom is -0.495 e. The molecule has 0 spiro atoms. The molecule has 0 aliphatic carbocycles. The molecule has 0 saturated heterocycles. The molecule has 0 atom stereocenters. The van der Waals surface area contributed by atoms with Gasteiger partial charge in [-0.25, -0.2) is 10.5 Å². The molecule has 13 heavy (non-hydrogen) atoms. The number of carbonyl (C=O) groups excluding carboxylic acids is 1. The van der Waals surface area contributed by atoms with Crippen LogP contribution in [0.4, 0.5) is 0 Å². The molecule has 0 bridgehead atoms. The summed E-state index contributed by atoms with van der Waals surface area (Å²) >= 11 is 0. The molecule has 1 amide bonds. The van der Waals surface area contributed by atoms with Gasteiger partial charge >= 0.3 is 0 Å². The van der Waals surface area contributed by atoms with E-state index in [4.69, 9.17) is 4.74 Å². The second kappa shape index (κ2) is 4.42. The van der Waals surface area contributed by atoms with Crippen molar-refractivity contribution in [2.75, 3.05) is 14.2 Å². The average Bonchev–Trinajstić information content (AvgIpc) is 2.18. The maximum Gasteiger partial charge on any atom is 0.293 e. The topological polar surface area (TPSA) is 60.5 Å². The molecule has 0 aliphatic rings. The van der Waals surface area contributed by atoms with Crippen molar-refractivity contribution in [1.82, 2.24) is 10.5 Å². The highest BCUT2D eigenvalue weighted by atomic mass is 16.6. The number of hydroxylamine groups is 1. The maximum absolute atomic E-state index is 11.1. The largest absolute Gasteiger partial charge is 0.495 e. The number of ether oxygens (including phenoxy) is 1. The van der Waals surface area contributed by atoms with Gasteiger partial charge < -0.3 is 4.74 Å². The molecule has 0 aromatic carbocycles. The monoisotopic (exact) mass is 182 g/mol. The molecule has 1 heterocycles. The highest BCUT2D eigenvalue weighted by Crippen LogP contribution is 2.07. The van der Waals surface area contributed by atoms with E-state index in [0.29, 0.717) is 5.75 Å². The number of hydrogen-bond donors (Lipinski definition) is 1. The smallest absolute Gasteiger partial charge is 0.293 e. The second-order valence-corrected chi connectivity index (χ2v) is 2.22. The fraction of sp³-hybridized carbons (Fsp3) is 0.250. The standard InChI is InChI=1S/C8H10N2O3/c1-12-6-3-4-7(9-5-6)8(11)10-13-2/h3-5H,1-2H3,(H,10,11). The minimum absolute atomic E-state index is 0.280. The van der Waals surface area contributed by atoms with Crippen LogP contribution in [0.2, 0.25) is 0 Å². The van der Waals surface area contributed by atoms with E-state index in [2.05, 4.69) is 15.3 Å². The van der Waals surface area contributed by atoms with Gasteiger partial charge in [-0.3, -0.25) is 9.63 Å². The van der Waals surface area contributed by atoms with E-state index in [9.17, 15) is 4.79 Å². The average molecular weight is 182 g/mol. The van der Waals surface area contributed by atoms with Crippen LogP contribution < -0.4 is 10.2 Å². The predicted molar refractivity (Wildman–Crippen MR) is 45.3 cm³/mol. The second-order valence-electron chi connectivity index (χ2n) is 2.22. The van der Waals surface area contributed by atoms with Crippen molar-refractivity contribution in [2.45, 2.75) is 0 Å². The number of pyridine rings is 1. The van der Waals surface area contributed by atoms with Crippen molar-refractivity contribution >= 4 is 5.91 Å². The molecule has 1 aromatic heterocycles. The van der Waals surface area contributed by atoms with Crippen LogP contribution in [0.1, 0.15) is 10.5 Å². The molecule has 1 rings (SSSR count). The van der Waals surface area contributed by atoms with E-state index in [-0.39, 0.29) is 11.6 Å². The summed E-state index contributed by atoms with van der Waals surface area (Å²) in [6.45, 7) is 0. The SMILES string of the molecule is CONC(=O)c1ccc(OC)cn1. The third kappa shape index (κ3) is 2.41. The van der Waals surface area contributed by atoms with Crippen molar-refractivity contribution in [3.63, 3.8) is 0 Å². The molecule has 0 radical (unpaired) electrons. The van der Waals surface area contributed by atoms with Gasteiger partial charge in [-0.2, -0.15) is 0 Å². The molecule has 5 nitrogen and oxygen atoms in total. The van der Waals surface area contributed by atoms with Crippen LogP contribution in [0.25, 0.3) is 0 Å². The number of aromatic nitrogens is 1. The summed E-state index contributed by atoms with van der Waals surface area (Å²) in [5.74, 6) is 0.221. The fourth-order valence-electron chi connectivity index (χ4n) is 0.780. The van der Waals surface area contributed by atoms with Gasteiger partial charge in [0.05, 0.1) is 20.4 Å². The van der Waals surface area contributed by atoms with Crippen molar-refractivity contribution in [3.8, 4) is 5.75 Å². The quantitative estimate of drug-likeness (QED) is 0.686.